The van der Waals surface area contributed by atoms with Crippen molar-refractivity contribution in [3.63, 3.8) is 0 Å². The lowest BCUT2D eigenvalue weighted by molar-refractivity contribution is -0.115. The Hall–Kier alpha value is -2.67. The van der Waals surface area contributed by atoms with Crippen molar-refractivity contribution in [1.29, 1.82) is 0 Å². The number of aryl methyl sites for hydroxylation is 3. The van der Waals surface area contributed by atoms with E-state index in [1.54, 1.807) is 18.4 Å². The Morgan fingerprint density at radius 2 is 1.77 bits per heavy atom. The Kier molecular flexibility index (Phi) is 6.52. The van der Waals surface area contributed by atoms with E-state index in [1.165, 1.54) is 11.3 Å². The lowest BCUT2D eigenvalue weighted by Crippen LogP contribution is -2.31. The summed E-state index contributed by atoms with van der Waals surface area (Å²) in [6, 6.07) is 5.63. The minimum atomic E-state index is -0.813. The van der Waals surface area contributed by atoms with E-state index in [0.717, 1.165) is 22.3 Å². The summed E-state index contributed by atoms with van der Waals surface area (Å²) in [5, 5.41) is 6.97. The lowest BCUT2D eigenvalue weighted by Gasteiger charge is -2.12. The molecule has 2 rings (SSSR count). The number of carbonyl (C=O) groups is 3. The van der Waals surface area contributed by atoms with Crippen LogP contribution in [0.15, 0.2) is 23.6 Å². The molecule has 0 aliphatic carbocycles. The maximum Gasteiger partial charge on any atom is 0.414 e. The van der Waals surface area contributed by atoms with Gasteiger partial charge in [0, 0.05) is 0 Å². The van der Waals surface area contributed by atoms with Crippen molar-refractivity contribution < 1.29 is 19.1 Å². The first-order chi connectivity index (χ1) is 12.3. The maximum absolute atomic E-state index is 12.4. The standard InChI is InChI=1S/C19H22N2O4S/c1-5-25-19(24)21-17(23)14-6-7-26-18(14)20-16(22)10-15-12(3)8-11(2)9-13(15)4/h6-9H,5,10H2,1-4H3,(H,20,22)(H,21,23,24). The molecule has 0 radical (unpaired) electrons. The molecule has 0 fully saturated rings. The quantitative estimate of drug-likeness (QED) is 0.835. The SMILES string of the molecule is CCOC(=O)NC(=O)c1ccsc1NC(=O)Cc1c(C)cc(C)cc1C. The number of ether oxygens (including phenoxy) is 1. The van der Waals surface area contributed by atoms with E-state index in [2.05, 4.69) is 10.6 Å². The van der Waals surface area contributed by atoms with Crippen LogP contribution in [0.2, 0.25) is 0 Å². The maximum atomic E-state index is 12.4. The van der Waals surface area contributed by atoms with Crippen LogP contribution >= 0.6 is 11.3 Å². The van der Waals surface area contributed by atoms with Gasteiger partial charge in [-0.1, -0.05) is 17.7 Å². The minimum Gasteiger partial charge on any atom is -0.450 e. The number of alkyl carbamates (subject to hydrolysis) is 1. The van der Waals surface area contributed by atoms with Gasteiger partial charge in [-0.05, 0) is 55.8 Å². The van der Waals surface area contributed by atoms with Gasteiger partial charge in [-0.25, -0.2) is 4.79 Å². The molecular weight excluding hydrogens is 352 g/mol. The van der Waals surface area contributed by atoms with Gasteiger partial charge in [0.1, 0.15) is 5.00 Å². The first-order valence-corrected chi connectivity index (χ1v) is 9.12. The second-order valence-corrected chi connectivity index (χ2v) is 6.86. The van der Waals surface area contributed by atoms with E-state index in [9.17, 15) is 14.4 Å². The predicted molar refractivity (Wildman–Crippen MR) is 102 cm³/mol. The second kappa shape index (κ2) is 8.62. The topological polar surface area (TPSA) is 84.5 Å². The van der Waals surface area contributed by atoms with Crippen LogP contribution in [0.5, 0.6) is 0 Å². The van der Waals surface area contributed by atoms with E-state index in [4.69, 9.17) is 4.74 Å². The molecule has 0 atom stereocenters. The predicted octanol–water partition coefficient (Wildman–Crippen LogP) is 3.74. The molecule has 2 aromatic rings. The fraction of sp³-hybridized carbons (Fsp3) is 0.316. The van der Waals surface area contributed by atoms with Gasteiger partial charge >= 0.3 is 6.09 Å². The van der Waals surface area contributed by atoms with Crippen LogP contribution in [0.4, 0.5) is 9.80 Å². The fourth-order valence-corrected chi connectivity index (χ4v) is 3.53. The zero-order valence-corrected chi connectivity index (χ0v) is 16.1. The molecule has 1 heterocycles. The van der Waals surface area contributed by atoms with E-state index in [0.29, 0.717) is 5.00 Å². The summed E-state index contributed by atoms with van der Waals surface area (Å²) >= 11 is 1.22. The van der Waals surface area contributed by atoms with Crippen molar-refractivity contribution in [2.24, 2.45) is 0 Å². The molecule has 138 valence electrons. The smallest absolute Gasteiger partial charge is 0.414 e. The van der Waals surface area contributed by atoms with Crippen LogP contribution in [-0.2, 0) is 16.0 Å². The van der Waals surface area contributed by atoms with Gasteiger partial charge in [0.25, 0.3) is 5.91 Å². The molecule has 2 N–H and O–H groups in total. The molecule has 3 amide bonds. The molecule has 0 bridgehead atoms. The second-order valence-electron chi connectivity index (χ2n) is 5.94. The zero-order chi connectivity index (χ0) is 19.3. The summed E-state index contributed by atoms with van der Waals surface area (Å²) in [6.45, 7) is 7.79. The van der Waals surface area contributed by atoms with E-state index in [-0.39, 0.29) is 24.5 Å². The molecular formula is C19H22N2O4S. The van der Waals surface area contributed by atoms with Crippen molar-refractivity contribution in [2.45, 2.75) is 34.1 Å². The lowest BCUT2D eigenvalue weighted by atomic mass is 9.97. The first kappa shape index (κ1) is 19.7. The highest BCUT2D eigenvalue weighted by atomic mass is 32.1. The minimum absolute atomic E-state index is 0.168. The van der Waals surface area contributed by atoms with Crippen LogP contribution in [-0.4, -0.2) is 24.5 Å². The molecule has 6 nitrogen and oxygen atoms in total. The fourth-order valence-electron chi connectivity index (χ4n) is 2.73. The molecule has 0 unspecified atom stereocenters. The van der Waals surface area contributed by atoms with Crippen molar-refractivity contribution in [3.8, 4) is 0 Å². The highest BCUT2D eigenvalue weighted by Crippen LogP contribution is 2.24. The highest BCUT2D eigenvalue weighted by Gasteiger charge is 2.18. The van der Waals surface area contributed by atoms with E-state index >= 15 is 0 Å². The summed E-state index contributed by atoms with van der Waals surface area (Å²) in [7, 11) is 0. The monoisotopic (exact) mass is 374 g/mol. The normalized spacial score (nSPS) is 10.3. The molecule has 0 saturated carbocycles. The average molecular weight is 374 g/mol. The van der Waals surface area contributed by atoms with Crippen molar-refractivity contribution in [1.82, 2.24) is 5.32 Å². The third kappa shape index (κ3) is 4.92. The Balaban J connectivity index is 2.08. The number of hydrogen-bond donors (Lipinski definition) is 2. The molecule has 0 saturated heterocycles. The number of imide groups is 1. The molecule has 26 heavy (non-hydrogen) atoms. The number of carbonyl (C=O) groups excluding carboxylic acids is 3. The van der Waals surface area contributed by atoms with Gasteiger partial charge in [0.15, 0.2) is 0 Å². The van der Waals surface area contributed by atoms with Crippen LogP contribution < -0.4 is 10.6 Å². The van der Waals surface area contributed by atoms with Crippen LogP contribution in [0.25, 0.3) is 0 Å². The summed E-state index contributed by atoms with van der Waals surface area (Å²) in [4.78, 5) is 36.0. The van der Waals surface area contributed by atoms with E-state index < -0.39 is 12.0 Å². The van der Waals surface area contributed by atoms with Gasteiger partial charge < -0.3 is 10.1 Å². The average Bonchev–Trinajstić information content (AvgIpc) is 2.99. The highest BCUT2D eigenvalue weighted by molar-refractivity contribution is 7.14. The largest absolute Gasteiger partial charge is 0.450 e. The van der Waals surface area contributed by atoms with Crippen LogP contribution in [0.3, 0.4) is 0 Å². The molecule has 0 aliphatic rings. The van der Waals surface area contributed by atoms with Crippen molar-refractivity contribution in [3.05, 3.63) is 51.4 Å². The summed E-state index contributed by atoms with van der Waals surface area (Å²) in [6.07, 6.45) is -0.596. The Morgan fingerprint density at radius 1 is 1.12 bits per heavy atom. The summed E-state index contributed by atoms with van der Waals surface area (Å²) < 4.78 is 4.69. The number of rotatable bonds is 5. The molecule has 7 heteroatoms. The summed E-state index contributed by atoms with van der Waals surface area (Å²) in [5.41, 5.74) is 4.48. The summed E-state index contributed by atoms with van der Waals surface area (Å²) in [5.74, 6) is -0.824. The number of benzene rings is 1. The first-order valence-electron chi connectivity index (χ1n) is 8.24. The van der Waals surface area contributed by atoms with Crippen LogP contribution in [0, 0.1) is 20.8 Å². The molecule has 0 spiro atoms. The van der Waals surface area contributed by atoms with Gasteiger partial charge in [-0.15, -0.1) is 11.3 Å². The molecule has 1 aromatic heterocycles. The number of nitrogens with one attached hydrogen (secondary N) is 2. The third-order valence-corrected chi connectivity index (χ3v) is 4.66. The Labute approximate surface area is 156 Å². The number of anilines is 1. The Bertz CT molecular complexity index is 819. The van der Waals surface area contributed by atoms with Gasteiger partial charge in [0.2, 0.25) is 5.91 Å². The van der Waals surface area contributed by atoms with Gasteiger partial charge in [-0.2, -0.15) is 0 Å². The number of hydrogen-bond acceptors (Lipinski definition) is 5. The Morgan fingerprint density at radius 3 is 2.38 bits per heavy atom. The molecule has 0 aliphatic heterocycles. The van der Waals surface area contributed by atoms with Crippen molar-refractivity contribution in [2.75, 3.05) is 11.9 Å². The van der Waals surface area contributed by atoms with Crippen LogP contribution in [0.1, 0.15) is 39.5 Å². The van der Waals surface area contributed by atoms with Gasteiger partial charge in [0.05, 0.1) is 18.6 Å². The molecule has 1 aromatic carbocycles. The van der Waals surface area contributed by atoms with Crippen molar-refractivity contribution >= 4 is 34.2 Å². The van der Waals surface area contributed by atoms with E-state index in [1.807, 2.05) is 32.9 Å². The zero-order valence-electron chi connectivity index (χ0n) is 15.3. The third-order valence-electron chi connectivity index (χ3n) is 3.83. The number of thiophene rings is 1. The van der Waals surface area contributed by atoms with Gasteiger partial charge in [-0.3, -0.25) is 14.9 Å². The number of amides is 3.